The van der Waals surface area contributed by atoms with Crippen LogP contribution in [0.25, 0.3) is 0 Å². The van der Waals surface area contributed by atoms with E-state index >= 15 is 0 Å². The summed E-state index contributed by atoms with van der Waals surface area (Å²) in [6, 6.07) is 0. The molecule has 1 heterocycles. The standard InChI is InChI=1S/C16H26O3/c1-5-12(4)16(19-15(17)11(2)3)9-7-6-8-13(16)14-10-18-14/h12-14H,2,5-10H2,1,3-4H3. The van der Waals surface area contributed by atoms with E-state index < -0.39 is 0 Å². The molecule has 2 aliphatic rings. The van der Waals surface area contributed by atoms with Gasteiger partial charge in [0.15, 0.2) is 0 Å². The van der Waals surface area contributed by atoms with E-state index in [0.717, 1.165) is 32.3 Å². The summed E-state index contributed by atoms with van der Waals surface area (Å²) in [7, 11) is 0. The van der Waals surface area contributed by atoms with Crippen LogP contribution in [0.15, 0.2) is 12.2 Å². The first-order valence-corrected chi connectivity index (χ1v) is 7.51. The Hall–Kier alpha value is -0.830. The quantitative estimate of drug-likeness (QED) is 0.434. The van der Waals surface area contributed by atoms with E-state index in [9.17, 15) is 4.79 Å². The molecular weight excluding hydrogens is 240 g/mol. The van der Waals surface area contributed by atoms with Gasteiger partial charge in [0, 0.05) is 11.5 Å². The molecule has 0 spiro atoms. The van der Waals surface area contributed by atoms with Gasteiger partial charge >= 0.3 is 5.97 Å². The maximum atomic E-state index is 12.1. The predicted molar refractivity (Wildman–Crippen MR) is 74.8 cm³/mol. The van der Waals surface area contributed by atoms with E-state index in [-0.39, 0.29) is 11.6 Å². The third-order valence-electron chi connectivity index (χ3n) is 4.85. The zero-order valence-corrected chi connectivity index (χ0v) is 12.4. The van der Waals surface area contributed by atoms with Gasteiger partial charge in [0.05, 0.1) is 12.7 Å². The summed E-state index contributed by atoms with van der Waals surface area (Å²) >= 11 is 0. The molecule has 2 rings (SSSR count). The van der Waals surface area contributed by atoms with Gasteiger partial charge in [-0.1, -0.05) is 26.8 Å². The zero-order chi connectivity index (χ0) is 14.0. The number of carbonyl (C=O) groups is 1. The average Bonchev–Trinajstić information content (AvgIpc) is 3.22. The highest BCUT2D eigenvalue weighted by molar-refractivity contribution is 5.87. The number of esters is 1. The average molecular weight is 266 g/mol. The number of carbonyl (C=O) groups excluding carboxylic acids is 1. The van der Waals surface area contributed by atoms with Gasteiger partial charge in [-0.3, -0.25) is 0 Å². The third-order valence-corrected chi connectivity index (χ3v) is 4.85. The van der Waals surface area contributed by atoms with Crippen LogP contribution in [-0.4, -0.2) is 24.3 Å². The Morgan fingerprint density at radius 2 is 2.21 bits per heavy atom. The van der Waals surface area contributed by atoms with Crippen LogP contribution in [0.4, 0.5) is 0 Å². The molecular formula is C16H26O3. The topological polar surface area (TPSA) is 38.8 Å². The molecule has 0 aromatic carbocycles. The Kier molecular flexibility index (Phi) is 4.34. The van der Waals surface area contributed by atoms with Crippen LogP contribution >= 0.6 is 0 Å². The van der Waals surface area contributed by atoms with E-state index in [2.05, 4.69) is 20.4 Å². The van der Waals surface area contributed by atoms with Crippen LogP contribution in [0, 0.1) is 11.8 Å². The SMILES string of the molecule is C=C(C)C(=O)OC1(C(C)CC)CCCCC1C1CO1. The molecule has 0 aromatic rings. The summed E-state index contributed by atoms with van der Waals surface area (Å²) in [6.07, 6.45) is 5.74. The summed E-state index contributed by atoms with van der Waals surface area (Å²) in [4.78, 5) is 12.1. The highest BCUT2D eigenvalue weighted by Gasteiger charge is 2.53. The molecule has 19 heavy (non-hydrogen) atoms. The maximum Gasteiger partial charge on any atom is 0.333 e. The lowest BCUT2D eigenvalue weighted by molar-refractivity contribution is -0.178. The minimum Gasteiger partial charge on any atom is -0.455 e. The Bertz CT molecular complexity index is 359. The monoisotopic (exact) mass is 266 g/mol. The summed E-state index contributed by atoms with van der Waals surface area (Å²) in [6.45, 7) is 10.6. The van der Waals surface area contributed by atoms with Gasteiger partial charge in [-0.2, -0.15) is 0 Å². The maximum absolute atomic E-state index is 12.1. The lowest BCUT2D eigenvalue weighted by atomic mass is 9.66. The van der Waals surface area contributed by atoms with Crippen LogP contribution in [0.3, 0.4) is 0 Å². The Labute approximate surface area is 116 Å². The first kappa shape index (κ1) is 14.6. The molecule has 4 atom stereocenters. The second-order valence-electron chi connectivity index (χ2n) is 6.16. The van der Waals surface area contributed by atoms with Gasteiger partial charge in [-0.05, 0) is 38.5 Å². The molecule has 1 aliphatic carbocycles. The normalized spacial score (nSPS) is 35.5. The van der Waals surface area contributed by atoms with E-state index in [1.165, 1.54) is 6.42 Å². The lowest BCUT2D eigenvalue weighted by Crippen LogP contribution is -2.52. The van der Waals surface area contributed by atoms with Crippen molar-refractivity contribution in [1.82, 2.24) is 0 Å². The number of ether oxygens (including phenoxy) is 2. The molecule has 0 aromatic heterocycles. The van der Waals surface area contributed by atoms with Crippen LogP contribution < -0.4 is 0 Å². The molecule has 4 unspecified atom stereocenters. The minimum atomic E-state index is -0.343. The van der Waals surface area contributed by atoms with E-state index in [0.29, 0.717) is 23.5 Å². The molecule has 1 aliphatic heterocycles. The Balaban J connectivity index is 2.25. The summed E-state index contributed by atoms with van der Waals surface area (Å²) < 4.78 is 11.5. The predicted octanol–water partition coefficient (Wildman–Crippen LogP) is 3.48. The summed E-state index contributed by atoms with van der Waals surface area (Å²) in [5, 5.41) is 0. The molecule has 1 saturated carbocycles. The fourth-order valence-corrected chi connectivity index (χ4v) is 3.43. The van der Waals surface area contributed by atoms with Crippen molar-refractivity contribution in [3.63, 3.8) is 0 Å². The van der Waals surface area contributed by atoms with Gasteiger partial charge in [-0.25, -0.2) is 4.79 Å². The highest BCUT2D eigenvalue weighted by atomic mass is 16.6. The van der Waals surface area contributed by atoms with Crippen molar-refractivity contribution in [1.29, 1.82) is 0 Å². The number of rotatable bonds is 5. The van der Waals surface area contributed by atoms with Crippen molar-refractivity contribution in [2.24, 2.45) is 11.8 Å². The van der Waals surface area contributed by atoms with Crippen molar-refractivity contribution in [2.75, 3.05) is 6.61 Å². The Morgan fingerprint density at radius 1 is 1.53 bits per heavy atom. The molecule has 0 bridgehead atoms. The highest BCUT2D eigenvalue weighted by Crippen LogP contribution is 2.48. The first-order valence-electron chi connectivity index (χ1n) is 7.51. The van der Waals surface area contributed by atoms with E-state index in [1.54, 1.807) is 6.92 Å². The molecule has 0 N–H and O–H groups in total. The zero-order valence-electron chi connectivity index (χ0n) is 12.4. The van der Waals surface area contributed by atoms with E-state index in [1.807, 2.05) is 0 Å². The Morgan fingerprint density at radius 3 is 2.74 bits per heavy atom. The van der Waals surface area contributed by atoms with Crippen LogP contribution in [-0.2, 0) is 14.3 Å². The minimum absolute atomic E-state index is 0.243. The molecule has 0 radical (unpaired) electrons. The molecule has 2 fully saturated rings. The largest absolute Gasteiger partial charge is 0.455 e. The van der Waals surface area contributed by atoms with Crippen LogP contribution in [0.5, 0.6) is 0 Å². The fourth-order valence-electron chi connectivity index (χ4n) is 3.43. The van der Waals surface area contributed by atoms with Crippen molar-refractivity contribution >= 4 is 5.97 Å². The first-order chi connectivity index (χ1) is 9.01. The van der Waals surface area contributed by atoms with Crippen molar-refractivity contribution < 1.29 is 14.3 Å². The van der Waals surface area contributed by atoms with Crippen molar-refractivity contribution in [3.05, 3.63) is 12.2 Å². The second-order valence-corrected chi connectivity index (χ2v) is 6.16. The second kappa shape index (κ2) is 5.66. The van der Waals surface area contributed by atoms with Crippen LogP contribution in [0.1, 0.15) is 52.9 Å². The smallest absolute Gasteiger partial charge is 0.333 e. The van der Waals surface area contributed by atoms with E-state index in [4.69, 9.17) is 9.47 Å². The third kappa shape index (κ3) is 2.86. The van der Waals surface area contributed by atoms with Crippen LogP contribution in [0.2, 0.25) is 0 Å². The van der Waals surface area contributed by atoms with Crippen molar-refractivity contribution in [2.45, 2.75) is 64.6 Å². The van der Waals surface area contributed by atoms with Gasteiger partial charge in [0.2, 0.25) is 0 Å². The molecule has 1 saturated heterocycles. The number of epoxide rings is 1. The molecule has 0 amide bonds. The molecule has 3 nitrogen and oxygen atoms in total. The number of hydrogen-bond acceptors (Lipinski definition) is 3. The lowest BCUT2D eigenvalue weighted by Gasteiger charge is -2.47. The van der Waals surface area contributed by atoms with Gasteiger partial charge in [0.25, 0.3) is 0 Å². The van der Waals surface area contributed by atoms with Gasteiger partial charge in [0.1, 0.15) is 5.60 Å². The van der Waals surface area contributed by atoms with Gasteiger partial charge in [-0.15, -0.1) is 0 Å². The van der Waals surface area contributed by atoms with Crippen molar-refractivity contribution in [3.8, 4) is 0 Å². The fraction of sp³-hybridized carbons (Fsp3) is 0.812. The van der Waals surface area contributed by atoms with Gasteiger partial charge < -0.3 is 9.47 Å². The summed E-state index contributed by atoms with van der Waals surface area (Å²) in [5.74, 6) is 0.484. The summed E-state index contributed by atoms with van der Waals surface area (Å²) in [5.41, 5.74) is 0.146. The number of hydrogen-bond donors (Lipinski definition) is 0. The molecule has 3 heteroatoms. The molecule has 108 valence electrons.